The zero-order valence-electron chi connectivity index (χ0n) is 10.8. The summed E-state index contributed by atoms with van der Waals surface area (Å²) in [5.74, 6) is -0.224. The molecule has 2 nitrogen and oxygen atoms in total. The molecule has 0 amide bonds. The standard InChI is InChI=1S/C14H19BrFNO/c1-10(11-4-5-13(16)12(15)8-11)17-9-14(18-2)6-3-7-14/h4-5,8,10,17H,3,6-7,9H2,1-2H3. The third-order valence-corrected chi connectivity index (χ3v) is 4.48. The summed E-state index contributed by atoms with van der Waals surface area (Å²) in [5, 5.41) is 3.47. The van der Waals surface area contributed by atoms with Crippen molar-refractivity contribution in [3.8, 4) is 0 Å². The van der Waals surface area contributed by atoms with Crippen molar-refractivity contribution in [1.29, 1.82) is 0 Å². The van der Waals surface area contributed by atoms with E-state index < -0.39 is 0 Å². The molecule has 1 fully saturated rings. The van der Waals surface area contributed by atoms with E-state index in [1.165, 1.54) is 12.5 Å². The number of methoxy groups -OCH3 is 1. The molecule has 100 valence electrons. The summed E-state index contributed by atoms with van der Waals surface area (Å²) < 4.78 is 19.3. The van der Waals surface area contributed by atoms with Crippen LogP contribution < -0.4 is 5.32 Å². The van der Waals surface area contributed by atoms with E-state index in [1.54, 1.807) is 7.11 Å². The Balaban J connectivity index is 1.94. The van der Waals surface area contributed by atoms with Crippen LogP contribution in [-0.4, -0.2) is 19.3 Å². The lowest BCUT2D eigenvalue weighted by molar-refractivity contribution is -0.0706. The molecule has 1 N–H and O–H groups in total. The van der Waals surface area contributed by atoms with Gasteiger partial charge in [0.1, 0.15) is 5.82 Å². The highest BCUT2D eigenvalue weighted by atomic mass is 79.9. The Morgan fingerprint density at radius 2 is 2.22 bits per heavy atom. The Hall–Kier alpha value is -0.450. The monoisotopic (exact) mass is 315 g/mol. The van der Waals surface area contributed by atoms with E-state index in [2.05, 4.69) is 28.2 Å². The second-order valence-corrected chi connectivity index (χ2v) is 5.87. The minimum atomic E-state index is -0.224. The molecule has 0 heterocycles. The fourth-order valence-corrected chi connectivity index (χ4v) is 2.66. The van der Waals surface area contributed by atoms with E-state index in [9.17, 15) is 4.39 Å². The first-order valence-corrected chi connectivity index (χ1v) is 7.09. The van der Waals surface area contributed by atoms with Crippen LogP contribution in [-0.2, 0) is 4.74 Å². The number of hydrogen-bond donors (Lipinski definition) is 1. The van der Waals surface area contributed by atoms with Crippen LogP contribution in [0.2, 0.25) is 0 Å². The molecule has 1 atom stereocenters. The first kappa shape index (κ1) is 14.0. The van der Waals surface area contributed by atoms with Gasteiger partial charge in [-0.3, -0.25) is 0 Å². The maximum atomic E-state index is 13.2. The Morgan fingerprint density at radius 3 is 2.72 bits per heavy atom. The van der Waals surface area contributed by atoms with E-state index in [4.69, 9.17) is 4.74 Å². The van der Waals surface area contributed by atoms with E-state index in [1.807, 2.05) is 12.1 Å². The van der Waals surface area contributed by atoms with Crippen LogP contribution >= 0.6 is 15.9 Å². The van der Waals surface area contributed by atoms with Crippen molar-refractivity contribution in [2.75, 3.05) is 13.7 Å². The van der Waals surface area contributed by atoms with Gasteiger partial charge in [0.15, 0.2) is 0 Å². The summed E-state index contributed by atoms with van der Waals surface area (Å²) in [4.78, 5) is 0. The number of hydrogen-bond acceptors (Lipinski definition) is 2. The summed E-state index contributed by atoms with van der Waals surface area (Å²) in [6.45, 7) is 2.93. The Bertz CT molecular complexity index is 415. The normalized spacial score (nSPS) is 19.3. The van der Waals surface area contributed by atoms with Gasteiger partial charge in [-0.1, -0.05) is 6.07 Å². The maximum Gasteiger partial charge on any atom is 0.137 e. The molecule has 1 aliphatic rings. The molecule has 1 unspecified atom stereocenters. The van der Waals surface area contributed by atoms with Crippen LogP contribution in [0.15, 0.2) is 22.7 Å². The fraction of sp³-hybridized carbons (Fsp3) is 0.571. The van der Waals surface area contributed by atoms with Crippen LogP contribution in [0.1, 0.15) is 37.8 Å². The molecule has 0 aromatic heterocycles. The highest BCUT2D eigenvalue weighted by molar-refractivity contribution is 9.10. The van der Waals surface area contributed by atoms with Crippen molar-refractivity contribution in [2.45, 2.75) is 37.8 Å². The first-order valence-electron chi connectivity index (χ1n) is 6.30. The first-order chi connectivity index (χ1) is 8.56. The Morgan fingerprint density at radius 1 is 1.50 bits per heavy atom. The van der Waals surface area contributed by atoms with Gasteiger partial charge in [-0.05, 0) is 59.8 Å². The molecule has 4 heteroatoms. The highest BCUT2D eigenvalue weighted by Crippen LogP contribution is 2.34. The number of ether oxygens (including phenoxy) is 1. The predicted molar refractivity (Wildman–Crippen MR) is 74.1 cm³/mol. The summed E-state index contributed by atoms with van der Waals surface area (Å²) in [5.41, 5.74) is 1.10. The predicted octanol–water partition coefficient (Wildman–Crippen LogP) is 3.81. The Labute approximate surface area is 116 Å². The Kier molecular flexibility index (Phi) is 4.41. The highest BCUT2D eigenvalue weighted by Gasteiger charge is 2.36. The smallest absolute Gasteiger partial charge is 0.137 e. The average molecular weight is 316 g/mol. The van der Waals surface area contributed by atoms with Gasteiger partial charge in [0.2, 0.25) is 0 Å². The van der Waals surface area contributed by atoms with Gasteiger partial charge in [0.25, 0.3) is 0 Å². The third kappa shape index (κ3) is 2.92. The molecule has 0 saturated heterocycles. The average Bonchev–Trinajstić information content (AvgIpc) is 2.31. The lowest BCUT2D eigenvalue weighted by atomic mass is 9.80. The molecule has 1 aromatic carbocycles. The third-order valence-electron chi connectivity index (χ3n) is 3.87. The van der Waals surface area contributed by atoms with Crippen molar-refractivity contribution in [3.05, 3.63) is 34.1 Å². The molecule has 0 radical (unpaired) electrons. The molecule has 18 heavy (non-hydrogen) atoms. The van der Waals surface area contributed by atoms with Gasteiger partial charge in [0, 0.05) is 19.7 Å². The topological polar surface area (TPSA) is 21.3 Å². The zero-order valence-corrected chi connectivity index (χ0v) is 12.4. The molecular weight excluding hydrogens is 297 g/mol. The van der Waals surface area contributed by atoms with Crippen molar-refractivity contribution in [3.63, 3.8) is 0 Å². The molecule has 1 aromatic rings. The molecule has 1 aliphatic carbocycles. The van der Waals surface area contributed by atoms with Gasteiger partial charge in [-0.25, -0.2) is 4.39 Å². The fourth-order valence-electron chi connectivity index (χ4n) is 2.26. The summed E-state index contributed by atoms with van der Waals surface area (Å²) >= 11 is 3.22. The van der Waals surface area contributed by atoms with Crippen LogP contribution in [0.3, 0.4) is 0 Å². The summed E-state index contributed by atoms with van der Waals surface area (Å²) in [7, 11) is 1.78. The minimum absolute atomic E-state index is 0.0194. The van der Waals surface area contributed by atoms with Crippen LogP contribution in [0.5, 0.6) is 0 Å². The van der Waals surface area contributed by atoms with Gasteiger partial charge in [0.05, 0.1) is 10.1 Å². The second-order valence-electron chi connectivity index (χ2n) is 5.02. The summed E-state index contributed by atoms with van der Waals surface area (Å²) in [6, 6.07) is 5.33. The van der Waals surface area contributed by atoms with E-state index >= 15 is 0 Å². The van der Waals surface area contributed by atoms with Gasteiger partial charge in [-0.15, -0.1) is 0 Å². The van der Waals surface area contributed by atoms with Crippen LogP contribution in [0, 0.1) is 5.82 Å². The van der Waals surface area contributed by atoms with E-state index in [0.717, 1.165) is 24.9 Å². The number of halogens is 2. The molecular formula is C14H19BrFNO. The lowest BCUT2D eigenvalue weighted by Crippen LogP contribution is -2.48. The summed E-state index contributed by atoms with van der Waals surface area (Å²) in [6.07, 6.45) is 3.48. The van der Waals surface area contributed by atoms with Crippen LogP contribution in [0.25, 0.3) is 0 Å². The lowest BCUT2D eigenvalue weighted by Gasteiger charge is -2.41. The molecule has 0 bridgehead atoms. The quantitative estimate of drug-likeness (QED) is 0.892. The van der Waals surface area contributed by atoms with Crippen molar-refractivity contribution in [1.82, 2.24) is 5.32 Å². The second kappa shape index (κ2) is 5.68. The minimum Gasteiger partial charge on any atom is -0.377 e. The number of nitrogens with one attached hydrogen (secondary N) is 1. The number of rotatable bonds is 5. The zero-order chi connectivity index (χ0) is 13.2. The van der Waals surface area contributed by atoms with Crippen molar-refractivity contribution in [2.24, 2.45) is 0 Å². The van der Waals surface area contributed by atoms with Crippen molar-refractivity contribution < 1.29 is 9.13 Å². The van der Waals surface area contributed by atoms with Crippen molar-refractivity contribution >= 4 is 15.9 Å². The van der Waals surface area contributed by atoms with E-state index in [-0.39, 0.29) is 17.5 Å². The van der Waals surface area contributed by atoms with Gasteiger partial charge >= 0.3 is 0 Å². The van der Waals surface area contributed by atoms with E-state index in [0.29, 0.717) is 4.47 Å². The molecule has 2 rings (SSSR count). The molecule has 0 spiro atoms. The largest absolute Gasteiger partial charge is 0.377 e. The van der Waals surface area contributed by atoms with Gasteiger partial charge < -0.3 is 10.1 Å². The number of benzene rings is 1. The molecule has 0 aliphatic heterocycles. The maximum absolute atomic E-state index is 13.2. The molecule has 1 saturated carbocycles. The van der Waals surface area contributed by atoms with Crippen LogP contribution in [0.4, 0.5) is 4.39 Å². The SMILES string of the molecule is COC1(CNC(C)c2ccc(F)c(Br)c2)CCC1. The van der Waals surface area contributed by atoms with Gasteiger partial charge in [-0.2, -0.15) is 0 Å².